The number of hydrogen-bond acceptors (Lipinski definition) is 4. The Hall–Kier alpha value is -0.650. The Kier molecular flexibility index (Phi) is 6.60. The van der Waals surface area contributed by atoms with Gasteiger partial charge in [0.2, 0.25) is 5.91 Å². The molecule has 5 heteroatoms. The number of hydrogen-bond donors (Lipinski definition) is 1. The molecule has 2 N–H and O–H groups in total. The lowest BCUT2D eigenvalue weighted by Crippen LogP contribution is -2.51. The van der Waals surface area contributed by atoms with Gasteiger partial charge < -0.3 is 15.5 Å². The monoisotopic (exact) mass is 256 g/mol. The number of nitrogens with two attached hydrogens (primary N) is 1. The van der Waals surface area contributed by atoms with Crippen LogP contribution < -0.4 is 5.73 Å². The van der Waals surface area contributed by atoms with Crippen LogP contribution in [0.1, 0.15) is 13.3 Å². The summed E-state index contributed by atoms with van der Waals surface area (Å²) in [5, 5.41) is 0. The number of amides is 1. The van der Waals surface area contributed by atoms with Crippen LogP contribution in [-0.4, -0.2) is 80.5 Å². The normalized spacial score (nSPS) is 19.3. The molecule has 0 aliphatic carbocycles. The van der Waals surface area contributed by atoms with Crippen molar-refractivity contribution in [1.29, 1.82) is 0 Å². The highest BCUT2D eigenvalue weighted by Gasteiger charge is 2.24. The first-order valence-electron chi connectivity index (χ1n) is 6.90. The van der Waals surface area contributed by atoms with E-state index in [1.165, 1.54) is 0 Å². The quantitative estimate of drug-likeness (QED) is 0.707. The maximum absolute atomic E-state index is 12.1. The Bertz CT molecular complexity index is 249. The minimum Gasteiger partial charge on any atom is -0.340 e. The Morgan fingerprint density at radius 2 is 1.89 bits per heavy atom. The molecule has 1 amide bonds. The minimum absolute atomic E-state index is 0.0725. The molecule has 0 aromatic heterocycles. The van der Waals surface area contributed by atoms with Gasteiger partial charge in [0.05, 0.1) is 0 Å². The first-order chi connectivity index (χ1) is 8.54. The first-order valence-corrected chi connectivity index (χ1v) is 6.90. The molecule has 1 saturated heterocycles. The third kappa shape index (κ3) is 4.92. The summed E-state index contributed by atoms with van der Waals surface area (Å²) < 4.78 is 0. The van der Waals surface area contributed by atoms with Crippen LogP contribution in [-0.2, 0) is 4.79 Å². The lowest BCUT2D eigenvalue weighted by Gasteiger charge is -2.36. The van der Waals surface area contributed by atoms with Gasteiger partial charge in [-0.2, -0.15) is 0 Å². The molecular weight excluding hydrogens is 228 g/mol. The van der Waals surface area contributed by atoms with E-state index in [1.807, 2.05) is 11.8 Å². The third-order valence-corrected chi connectivity index (χ3v) is 3.57. The molecule has 1 aliphatic rings. The molecule has 106 valence electrons. The highest BCUT2D eigenvalue weighted by atomic mass is 16.2. The topological polar surface area (TPSA) is 52.8 Å². The predicted molar refractivity (Wildman–Crippen MR) is 74.4 cm³/mol. The third-order valence-electron chi connectivity index (χ3n) is 3.57. The molecule has 1 fully saturated rings. The molecule has 1 atom stereocenters. The molecule has 5 nitrogen and oxygen atoms in total. The molecule has 1 aliphatic heterocycles. The molecule has 1 rings (SSSR count). The van der Waals surface area contributed by atoms with Gasteiger partial charge in [-0.25, -0.2) is 0 Å². The average molecular weight is 256 g/mol. The lowest BCUT2D eigenvalue weighted by atomic mass is 10.1. The van der Waals surface area contributed by atoms with E-state index in [9.17, 15) is 4.79 Å². The summed E-state index contributed by atoms with van der Waals surface area (Å²) in [6.07, 6.45) is 0.791. The van der Waals surface area contributed by atoms with Crippen LogP contribution in [0.15, 0.2) is 0 Å². The zero-order valence-electron chi connectivity index (χ0n) is 12.1. The van der Waals surface area contributed by atoms with Gasteiger partial charge in [0.15, 0.2) is 0 Å². The molecule has 1 heterocycles. The van der Waals surface area contributed by atoms with Gasteiger partial charge in [0.1, 0.15) is 0 Å². The highest BCUT2D eigenvalue weighted by Crippen LogP contribution is 2.09. The molecule has 0 radical (unpaired) electrons. The van der Waals surface area contributed by atoms with E-state index in [0.29, 0.717) is 6.54 Å². The van der Waals surface area contributed by atoms with Crippen LogP contribution in [0.25, 0.3) is 0 Å². The summed E-state index contributed by atoms with van der Waals surface area (Å²) in [6.45, 7) is 8.46. The number of carbonyl (C=O) groups is 1. The molecule has 0 aromatic rings. The van der Waals surface area contributed by atoms with Gasteiger partial charge >= 0.3 is 0 Å². The second kappa shape index (κ2) is 7.71. The van der Waals surface area contributed by atoms with Crippen molar-refractivity contribution in [3.05, 3.63) is 0 Å². The Labute approximate surface area is 111 Å². The van der Waals surface area contributed by atoms with Crippen molar-refractivity contribution in [3.8, 4) is 0 Å². The first kappa shape index (κ1) is 15.4. The van der Waals surface area contributed by atoms with Crippen molar-refractivity contribution in [2.75, 3.05) is 59.9 Å². The molecular formula is C13H28N4O. The Morgan fingerprint density at radius 3 is 2.39 bits per heavy atom. The SMILES string of the molecule is CC(CCN)C(=O)N1CCN(CCN(C)C)CC1. The van der Waals surface area contributed by atoms with E-state index in [-0.39, 0.29) is 11.8 Å². The van der Waals surface area contributed by atoms with Crippen molar-refractivity contribution >= 4 is 5.91 Å². The summed E-state index contributed by atoms with van der Waals surface area (Å²) in [6, 6.07) is 0. The van der Waals surface area contributed by atoms with Gasteiger partial charge in [-0.3, -0.25) is 9.69 Å². The lowest BCUT2D eigenvalue weighted by molar-refractivity contribution is -0.136. The van der Waals surface area contributed by atoms with Crippen LogP contribution >= 0.6 is 0 Å². The Balaban J connectivity index is 2.28. The van der Waals surface area contributed by atoms with E-state index in [2.05, 4.69) is 23.9 Å². The van der Waals surface area contributed by atoms with Crippen LogP contribution in [0, 0.1) is 5.92 Å². The largest absolute Gasteiger partial charge is 0.340 e. The summed E-state index contributed by atoms with van der Waals surface area (Å²) in [4.78, 5) is 18.7. The summed E-state index contributed by atoms with van der Waals surface area (Å²) in [5.74, 6) is 0.344. The molecule has 0 aromatic carbocycles. The summed E-state index contributed by atoms with van der Waals surface area (Å²) in [7, 11) is 4.18. The molecule has 0 bridgehead atoms. The fraction of sp³-hybridized carbons (Fsp3) is 0.923. The number of carbonyl (C=O) groups excluding carboxylic acids is 1. The average Bonchev–Trinajstić information content (AvgIpc) is 2.36. The fourth-order valence-electron chi connectivity index (χ4n) is 2.22. The van der Waals surface area contributed by atoms with Gasteiger partial charge in [0.25, 0.3) is 0 Å². The zero-order chi connectivity index (χ0) is 13.5. The van der Waals surface area contributed by atoms with E-state index in [4.69, 9.17) is 5.73 Å². The second-order valence-electron chi connectivity index (χ2n) is 5.45. The van der Waals surface area contributed by atoms with Gasteiger partial charge in [-0.15, -0.1) is 0 Å². The highest BCUT2D eigenvalue weighted by molar-refractivity contribution is 5.78. The van der Waals surface area contributed by atoms with Crippen LogP contribution in [0.4, 0.5) is 0 Å². The van der Waals surface area contributed by atoms with Crippen molar-refractivity contribution in [1.82, 2.24) is 14.7 Å². The zero-order valence-corrected chi connectivity index (χ0v) is 12.1. The Morgan fingerprint density at radius 1 is 1.28 bits per heavy atom. The van der Waals surface area contributed by atoms with E-state index in [0.717, 1.165) is 45.7 Å². The maximum Gasteiger partial charge on any atom is 0.225 e. The van der Waals surface area contributed by atoms with Crippen LogP contribution in [0.2, 0.25) is 0 Å². The molecule has 1 unspecified atom stereocenters. The second-order valence-corrected chi connectivity index (χ2v) is 5.45. The van der Waals surface area contributed by atoms with Gasteiger partial charge in [-0.1, -0.05) is 6.92 Å². The number of nitrogens with zero attached hydrogens (tertiary/aromatic N) is 3. The number of rotatable bonds is 6. The summed E-state index contributed by atoms with van der Waals surface area (Å²) >= 11 is 0. The van der Waals surface area contributed by atoms with Crippen molar-refractivity contribution < 1.29 is 4.79 Å². The molecule has 0 spiro atoms. The summed E-state index contributed by atoms with van der Waals surface area (Å²) in [5.41, 5.74) is 5.50. The van der Waals surface area contributed by atoms with Gasteiger partial charge in [0, 0.05) is 45.2 Å². The van der Waals surface area contributed by atoms with E-state index >= 15 is 0 Å². The smallest absolute Gasteiger partial charge is 0.225 e. The maximum atomic E-state index is 12.1. The van der Waals surface area contributed by atoms with Gasteiger partial charge in [-0.05, 0) is 27.1 Å². The van der Waals surface area contributed by atoms with E-state index < -0.39 is 0 Å². The number of piperazine rings is 1. The molecule has 18 heavy (non-hydrogen) atoms. The van der Waals surface area contributed by atoms with Crippen molar-refractivity contribution in [3.63, 3.8) is 0 Å². The van der Waals surface area contributed by atoms with Crippen molar-refractivity contribution in [2.45, 2.75) is 13.3 Å². The fourth-order valence-corrected chi connectivity index (χ4v) is 2.22. The van der Waals surface area contributed by atoms with Crippen molar-refractivity contribution in [2.24, 2.45) is 11.7 Å². The van der Waals surface area contributed by atoms with E-state index in [1.54, 1.807) is 0 Å². The van der Waals surface area contributed by atoms with Crippen LogP contribution in [0.3, 0.4) is 0 Å². The molecule has 0 saturated carbocycles. The minimum atomic E-state index is 0.0725. The predicted octanol–water partition coefficient (Wildman–Crippen LogP) is -0.323. The standard InChI is InChI=1S/C13H28N4O/c1-12(4-5-14)13(18)17-10-8-16(9-11-17)7-6-15(2)3/h12H,4-11,14H2,1-3H3. The number of likely N-dealkylation sites (N-methyl/N-ethyl adjacent to an activating group) is 1. The van der Waals surface area contributed by atoms with Crippen LogP contribution in [0.5, 0.6) is 0 Å².